The van der Waals surface area contributed by atoms with E-state index in [2.05, 4.69) is 36.0 Å². The van der Waals surface area contributed by atoms with Crippen molar-refractivity contribution in [3.63, 3.8) is 0 Å². The van der Waals surface area contributed by atoms with E-state index in [0.29, 0.717) is 6.04 Å². The van der Waals surface area contributed by atoms with Gasteiger partial charge in [0.15, 0.2) is 0 Å². The highest BCUT2D eigenvalue weighted by molar-refractivity contribution is 4.67. The van der Waals surface area contributed by atoms with Crippen LogP contribution in [0.1, 0.15) is 33.1 Å². The molecule has 0 aromatic heterocycles. The standard InChI is InChI=1S/C13H29N3/c1-13(2)15(3)9-6-7-14-8-12-16-10-4-5-11-16/h13-14H,4-12H2,1-3H3. The molecule has 1 aliphatic rings. The first-order chi connectivity index (χ1) is 7.70. The van der Waals surface area contributed by atoms with Gasteiger partial charge in [0, 0.05) is 19.1 Å². The fourth-order valence-corrected chi connectivity index (χ4v) is 2.08. The van der Waals surface area contributed by atoms with E-state index in [9.17, 15) is 0 Å². The molecule has 1 saturated heterocycles. The van der Waals surface area contributed by atoms with Crippen LogP contribution in [-0.2, 0) is 0 Å². The lowest BCUT2D eigenvalue weighted by Crippen LogP contribution is -2.33. The lowest BCUT2D eigenvalue weighted by atomic mass is 10.3. The zero-order valence-corrected chi connectivity index (χ0v) is 11.3. The van der Waals surface area contributed by atoms with Crippen LogP contribution >= 0.6 is 0 Å². The fourth-order valence-electron chi connectivity index (χ4n) is 2.08. The van der Waals surface area contributed by atoms with E-state index < -0.39 is 0 Å². The van der Waals surface area contributed by atoms with Gasteiger partial charge in [-0.25, -0.2) is 0 Å². The summed E-state index contributed by atoms with van der Waals surface area (Å²) in [7, 11) is 2.20. The maximum absolute atomic E-state index is 3.54. The van der Waals surface area contributed by atoms with Crippen LogP contribution < -0.4 is 5.32 Å². The molecule has 0 aliphatic carbocycles. The maximum atomic E-state index is 3.54. The van der Waals surface area contributed by atoms with Gasteiger partial charge < -0.3 is 15.1 Å². The first kappa shape index (κ1) is 13.9. The largest absolute Gasteiger partial charge is 0.315 e. The van der Waals surface area contributed by atoms with Crippen molar-refractivity contribution >= 4 is 0 Å². The first-order valence-corrected chi connectivity index (χ1v) is 6.83. The van der Waals surface area contributed by atoms with E-state index in [1.165, 1.54) is 45.4 Å². The lowest BCUT2D eigenvalue weighted by molar-refractivity contribution is 0.268. The number of rotatable bonds is 8. The highest BCUT2D eigenvalue weighted by Gasteiger charge is 2.09. The summed E-state index contributed by atoms with van der Waals surface area (Å²) in [6.07, 6.45) is 4.06. The highest BCUT2D eigenvalue weighted by Crippen LogP contribution is 2.05. The second-order valence-electron chi connectivity index (χ2n) is 5.23. The van der Waals surface area contributed by atoms with Gasteiger partial charge in [-0.15, -0.1) is 0 Å². The zero-order chi connectivity index (χ0) is 11.8. The minimum absolute atomic E-state index is 0.671. The molecule has 0 unspecified atom stereocenters. The lowest BCUT2D eigenvalue weighted by Gasteiger charge is -2.21. The Morgan fingerprint density at radius 3 is 2.50 bits per heavy atom. The molecule has 1 heterocycles. The average Bonchev–Trinajstić information content (AvgIpc) is 2.75. The van der Waals surface area contributed by atoms with Crippen molar-refractivity contribution in [1.29, 1.82) is 0 Å². The van der Waals surface area contributed by atoms with Crippen molar-refractivity contribution in [2.75, 3.05) is 46.3 Å². The number of likely N-dealkylation sites (tertiary alicyclic amines) is 1. The van der Waals surface area contributed by atoms with E-state index in [0.717, 1.165) is 13.1 Å². The van der Waals surface area contributed by atoms with Crippen molar-refractivity contribution in [3.05, 3.63) is 0 Å². The molecule has 3 heteroatoms. The molecule has 1 rings (SSSR count). The van der Waals surface area contributed by atoms with Gasteiger partial charge in [0.05, 0.1) is 0 Å². The van der Waals surface area contributed by atoms with Crippen molar-refractivity contribution in [2.45, 2.75) is 39.2 Å². The summed E-state index contributed by atoms with van der Waals surface area (Å²) >= 11 is 0. The van der Waals surface area contributed by atoms with Gasteiger partial charge >= 0.3 is 0 Å². The Morgan fingerprint density at radius 2 is 1.88 bits per heavy atom. The molecule has 16 heavy (non-hydrogen) atoms. The Hall–Kier alpha value is -0.120. The van der Waals surface area contributed by atoms with Gasteiger partial charge in [0.1, 0.15) is 0 Å². The molecule has 0 aromatic rings. The average molecular weight is 227 g/mol. The molecule has 0 atom stereocenters. The van der Waals surface area contributed by atoms with Gasteiger partial charge in [-0.05, 0) is 66.3 Å². The molecule has 0 bridgehead atoms. The second kappa shape index (κ2) is 8.04. The number of nitrogens with one attached hydrogen (secondary N) is 1. The highest BCUT2D eigenvalue weighted by atomic mass is 15.2. The molecule has 0 saturated carbocycles. The minimum atomic E-state index is 0.671. The monoisotopic (exact) mass is 227 g/mol. The van der Waals surface area contributed by atoms with E-state index >= 15 is 0 Å². The Labute approximate surface area is 101 Å². The van der Waals surface area contributed by atoms with E-state index in [-0.39, 0.29) is 0 Å². The summed E-state index contributed by atoms with van der Waals surface area (Å²) in [6.45, 7) is 11.9. The molecule has 0 aromatic carbocycles. The van der Waals surface area contributed by atoms with Gasteiger partial charge in [-0.3, -0.25) is 0 Å². The van der Waals surface area contributed by atoms with Crippen molar-refractivity contribution < 1.29 is 0 Å². The SMILES string of the molecule is CC(C)N(C)CCCNCCN1CCCC1. The van der Waals surface area contributed by atoms with Gasteiger partial charge in [-0.2, -0.15) is 0 Å². The number of hydrogen-bond donors (Lipinski definition) is 1. The third-order valence-corrected chi connectivity index (χ3v) is 3.55. The summed E-state index contributed by atoms with van der Waals surface area (Å²) in [6, 6.07) is 0.671. The Bertz CT molecular complexity index is 159. The van der Waals surface area contributed by atoms with Crippen LogP contribution in [0.3, 0.4) is 0 Å². The molecule has 0 amide bonds. The summed E-state index contributed by atoms with van der Waals surface area (Å²) in [4.78, 5) is 4.97. The summed E-state index contributed by atoms with van der Waals surface area (Å²) < 4.78 is 0. The van der Waals surface area contributed by atoms with Gasteiger partial charge in [-0.1, -0.05) is 0 Å². The van der Waals surface area contributed by atoms with Crippen molar-refractivity contribution in [3.8, 4) is 0 Å². The van der Waals surface area contributed by atoms with Crippen LogP contribution in [0.25, 0.3) is 0 Å². The van der Waals surface area contributed by atoms with Crippen molar-refractivity contribution in [2.24, 2.45) is 0 Å². The molecular formula is C13H29N3. The topological polar surface area (TPSA) is 18.5 Å². The molecule has 1 N–H and O–H groups in total. The van der Waals surface area contributed by atoms with Crippen LogP contribution in [0.4, 0.5) is 0 Å². The Kier molecular flexibility index (Phi) is 7.01. The van der Waals surface area contributed by atoms with Gasteiger partial charge in [0.2, 0.25) is 0 Å². The third kappa shape index (κ3) is 5.83. The van der Waals surface area contributed by atoms with E-state index in [4.69, 9.17) is 0 Å². The minimum Gasteiger partial charge on any atom is -0.315 e. The Morgan fingerprint density at radius 1 is 1.19 bits per heavy atom. The predicted molar refractivity (Wildman–Crippen MR) is 70.9 cm³/mol. The van der Waals surface area contributed by atoms with Gasteiger partial charge in [0.25, 0.3) is 0 Å². The second-order valence-corrected chi connectivity index (χ2v) is 5.23. The molecular weight excluding hydrogens is 198 g/mol. The third-order valence-electron chi connectivity index (χ3n) is 3.55. The smallest absolute Gasteiger partial charge is 0.0107 e. The van der Waals surface area contributed by atoms with Crippen LogP contribution in [-0.4, -0.2) is 62.2 Å². The van der Waals surface area contributed by atoms with Crippen molar-refractivity contribution in [1.82, 2.24) is 15.1 Å². The quantitative estimate of drug-likeness (QED) is 0.632. The molecule has 1 aliphatic heterocycles. The molecule has 96 valence electrons. The molecule has 0 radical (unpaired) electrons. The fraction of sp³-hybridized carbons (Fsp3) is 1.00. The molecule has 0 spiro atoms. The first-order valence-electron chi connectivity index (χ1n) is 6.83. The Balaban J connectivity index is 1.84. The van der Waals surface area contributed by atoms with Crippen LogP contribution in [0.15, 0.2) is 0 Å². The van der Waals surface area contributed by atoms with E-state index in [1.807, 2.05) is 0 Å². The van der Waals surface area contributed by atoms with Crippen LogP contribution in [0, 0.1) is 0 Å². The van der Waals surface area contributed by atoms with E-state index in [1.54, 1.807) is 0 Å². The number of hydrogen-bond acceptors (Lipinski definition) is 3. The molecule has 1 fully saturated rings. The summed E-state index contributed by atoms with van der Waals surface area (Å²) in [5, 5.41) is 3.54. The predicted octanol–water partition coefficient (Wildman–Crippen LogP) is 1.40. The zero-order valence-electron chi connectivity index (χ0n) is 11.3. The molecule has 3 nitrogen and oxygen atoms in total. The maximum Gasteiger partial charge on any atom is 0.0107 e. The number of nitrogens with zero attached hydrogens (tertiary/aromatic N) is 2. The summed E-state index contributed by atoms with van der Waals surface area (Å²) in [5.74, 6) is 0. The van der Waals surface area contributed by atoms with Crippen LogP contribution in [0.2, 0.25) is 0 Å². The normalized spacial score (nSPS) is 17.8. The summed E-state index contributed by atoms with van der Waals surface area (Å²) in [5.41, 5.74) is 0. The van der Waals surface area contributed by atoms with Crippen LogP contribution in [0.5, 0.6) is 0 Å².